The molecule has 19 heavy (non-hydrogen) atoms. The van der Waals surface area contributed by atoms with Gasteiger partial charge in [0.1, 0.15) is 5.82 Å². The smallest absolute Gasteiger partial charge is 0.336 e. The molecule has 0 fully saturated rings. The van der Waals surface area contributed by atoms with Crippen molar-refractivity contribution in [2.24, 2.45) is 7.05 Å². The standard InChI is InChI=1S/C14H17N3O2/c1-16(10-13-15-7-8-17(13)2)9-11-5-3-4-6-12(11)14(18)19/h3-8H,9-10H2,1-2H3,(H,18,19). The van der Waals surface area contributed by atoms with Crippen molar-refractivity contribution in [1.82, 2.24) is 14.5 Å². The highest BCUT2D eigenvalue weighted by atomic mass is 16.4. The number of carbonyl (C=O) groups is 1. The molecule has 0 saturated carbocycles. The molecule has 0 saturated heterocycles. The van der Waals surface area contributed by atoms with Crippen molar-refractivity contribution in [2.45, 2.75) is 13.1 Å². The van der Waals surface area contributed by atoms with Gasteiger partial charge in [-0.3, -0.25) is 4.90 Å². The monoisotopic (exact) mass is 259 g/mol. The van der Waals surface area contributed by atoms with Gasteiger partial charge >= 0.3 is 5.97 Å². The summed E-state index contributed by atoms with van der Waals surface area (Å²) in [5.74, 6) is 0.0660. The fourth-order valence-corrected chi connectivity index (χ4v) is 2.00. The van der Waals surface area contributed by atoms with E-state index in [2.05, 4.69) is 4.98 Å². The predicted molar refractivity (Wildman–Crippen MR) is 71.8 cm³/mol. The van der Waals surface area contributed by atoms with Crippen LogP contribution in [0.2, 0.25) is 0 Å². The Morgan fingerprint density at radius 1 is 1.37 bits per heavy atom. The third-order valence-corrected chi connectivity index (χ3v) is 3.02. The average molecular weight is 259 g/mol. The van der Waals surface area contributed by atoms with Gasteiger partial charge in [-0.25, -0.2) is 9.78 Å². The molecule has 1 aromatic heterocycles. The molecule has 0 aliphatic rings. The zero-order valence-corrected chi connectivity index (χ0v) is 11.1. The molecule has 0 atom stereocenters. The second-order valence-electron chi connectivity index (χ2n) is 4.59. The van der Waals surface area contributed by atoms with Crippen LogP contribution >= 0.6 is 0 Å². The lowest BCUT2D eigenvalue weighted by atomic mass is 10.1. The Kier molecular flexibility index (Phi) is 3.97. The van der Waals surface area contributed by atoms with Crippen LogP contribution in [-0.4, -0.2) is 32.6 Å². The van der Waals surface area contributed by atoms with Crippen LogP contribution in [0.4, 0.5) is 0 Å². The van der Waals surface area contributed by atoms with Crippen LogP contribution in [-0.2, 0) is 20.1 Å². The zero-order chi connectivity index (χ0) is 13.8. The Labute approximate surface area is 112 Å². The number of carboxylic acids is 1. The molecule has 100 valence electrons. The summed E-state index contributed by atoms with van der Waals surface area (Å²) >= 11 is 0. The van der Waals surface area contributed by atoms with E-state index >= 15 is 0 Å². The molecule has 1 heterocycles. The van der Waals surface area contributed by atoms with Crippen molar-refractivity contribution in [3.05, 3.63) is 53.6 Å². The number of carboxylic acid groups (broad SMARTS) is 1. The number of nitrogens with zero attached hydrogens (tertiary/aromatic N) is 3. The number of aromatic nitrogens is 2. The molecule has 0 amide bonds. The van der Waals surface area contributed by atoms with Crippen LogP contribution in [0.3, 0.4) is 0 Å². The van der Waals surface area contributed by atoms with Gasteiger partial charge in [-0.1, -0.05) is 18.2 Å². The van der Waals surface area contributed by atoms with Gasteiger partial charge in [0.05, 0.1) is 12.1 Å². The van der Waals surface area contributed by atoms with Gasteiger partial charge in [-0.2, -0.15) is 0 Å². The second kappa shape index (κ2) is 5.67. The number of aromatic carboxylic acids is 1. The molecule has 2 rings (SSSR count). The molecule has 5 heteroatoms. The van der Waals surface area contributed by atoms with E-state index < -0.39 is 5.97 Å². The van der Waals surface area contributed by atoms with E-state index in [1.54, 1.807) is 18.3 Å². The van der Waals surface area contributed by atoms with Crippen LogP contribution in [0.25, 0.3) is 0 Å². The number of aryl methyl sites for hydroxylation is 1. The summed E-state index contributed by atoms with van der Waals surface area (Å²) in [5.41, 5.74) is 1.17. The summed E-state index contributed by atoms with van der Waals surface area (Å²) in [4.78, 5) is 17.4. The average Bonchev–Trinajstić information content (AvgIpc) is 2.75. The number of hydrogen-bond acceptors (Lipinski definition) is 3. The molecule has 0 radical (unpaired) electrons. The zero-order valence-electron chi connectivity index (χ0n) is 11.1. The van der Waals surface area contributed by atoms with E-state index in [0.717, 1.165) is 11.4 Å². The fraction of sp³-hybridized carbons (Fsp3) is 0.286. The normalized spacial score (nSPS) is 10.9. The maximum absolute atomic E-state index is 11.1. The van der Waals surface area contributed by atoms with Crippen molar-refractivity contribution < 1.29 is 9.90 Å². The third-order valence-electron chi connectivity index (χ3n) is 3.02. The molecule has 0 spiro atoms. The van der Waals surface area contributed by atoms with E-state index in [-0.39, 0.29) is 0 Å². The van der Waals surface area contributed by atoms with Crippen molar-refractivity contribution >= 4 is 5.97 Å². The van der Waals surface area contributed by atoms with E-state index in [9.17, 15) is 4.79 Å². The predicted octanol–water partition coefficient (Wildman–Crippen LogP) is 1.75. The van der Waals surface area contributed by atoms with Gasteiger partial charge in [0.15, 0.2) is 0 Å². The topological polar surface area (TPSA) is 58.4 Å². The largest absolute Gasteiger partial charge is 0.478 e. The van der Waals surface area contributed by atoms with E-state index in [0.29, 0.717) is 18.7 Å². The molecule has 0 unspecified atom stereocenters. The summed E-state index contributed by atoms with van der Waals surface area (Å²) in [6, 6.07) is 7.08. The maximum Gasteiger partial charge on any atom is 0.336 e. The molecule has 1 N–H and O–H groups in total. The third kappa shape index (κ3) is 3.20. The molecular formula is C14H17N3O2. The molecule has 0 aliphatic heterocycles. The highest BCUT2D eigenvalue weighted by Gasteiger charge is 2.11. The van der Waals surface area contributed by atoms with E-state index in [4.69, 9.17) is 5.11 Å². The summed E-state index contributed by atoms with van der Waals surface area (Å²) in [7, 11) is 3.90. The first-order valence-electron chi connectivity index (χ1n) is 6.04. The van der Waals surface area contributed by atoms with Crippen LogP contribution in [0, 0.1) is 0 Å². The SMILES string of the molecule is CN(Cc1ccccc1C(=O)O)Cc1nccn1C. The Morgan fingerprint density at radius 3 is 2.74 bits per heavy atom. The van der Waals surface area contributed by atoms with E-state index in [1.165, 1.54) is 0 Å². The van der Waals surface area contributed by atoms with Crippen molar-refractivity contribution in [2.75, 3.05) is 7.05 Å². The van der Waals surface area contributed by atoms with Crippen LogP contribution in [0.15, 0.2) is 36.7 Å². The Hall–Kier alpha value is -2.14. The number of hydrogen-bond donors (Lipinski definition) is 1. The second-order valence-corrected chi connectivity index (χ2v) is 4.59. The van der Waals surface area contributed by atoms with Crippen molar-refractivity contribution in [3.8, 4) is 0 Å². The lowest BCUT2D eigenvalue weighted by molar-refractivity contribution is 0.0694. The lowest BCUT2D eigenvalue weighted by Gasteiger charge is -2.17. The van der Waals surface area contributed by atoms with E-state index in [1.807, 2.05) is 41.9 Å². The van der Waals surface area contributed by atoms with Gasteiger partial charge in [-0.05, 0) is 18.7 Å². The Balaban J connectivity index is 2.09. The minimum atomic E-state index is -0.888. The summed E-state index contributed by atoms with van der Waals surface area (Å²) in [6.07, 6.45) is 3.66. The van der Waals surface area contributed by atoms with Gasteiger partial charge in [0, 0.05) is 26.0 Å². The number of imidazole rings is 1. The highest BCUT2D eigenvalue weighted by molar-refractivity contribution is 5.89. The molecule has 0 aliphatic carbocycles. The molecule has 1 aromatic carbocycles. The van der Waals surface area contributed by atoms with Crippen LogP contribution < -0.4 is 0 Å². The minimum absolute atomic E-state index is 0.356. The molecular weight excluding hydrogens is 242 g/mol. The summed E-state index contributed by atoms with van der Waals surface area (Å²) < 4.78 is 1.96. The number of rotatable bonds is 5. The molecule has 5 nitrogen and oxygen atoms in total. The lowest BCUT2D eigenvalue weighted by Crippen LogP contribution is -2.21. The molecule has 2 aromatic rings. The molecule has 0 bridgehead atoms. The first kappa shape index (κ1) is 13.3. The fourth-order valence-electron chi connectivity index (χ4n) is 2.00. The first-order chi connectivity index (χ1) is 9.08. The Bertz CT molecular complexity index is 578. The first-order valence-corrected chi connectivity index (χ1v) is 6.04. The highest BCUT2D eigenvalue weighted by Crippen LogP contribution is 2.12. The summed E-state index contributed by atoms with van der Waals surface area (Å²) in [5, 5.41) is 9.14. The van der Waals surface area contributed by atoms with Gasteiger partial charge in [0.25, 0.3) is 0 Å². The van der Waals surface area contributed by atoms with Gasteiger partial charge < -0.3 is 9.67 Å². The summed E-state index contributed by atoms with van der Waals surface area (Å²) in [6.45, 7) is 1.26. The minimum Gasteiger partial charge on any atom is -0.478 e. The number of benzene rings is 1. The van der Waals surface area contributed by atoms with Crippen molar-refractivity contribution in [3.63, 3.8) is 0 Å². The van der Waals surface area contributed by atoms with Crippen molar-refractivity contribution in [1.29, 1.82) is 0 Å². The van der Waals surface area contributed by atoms with Gasteiger partial charge in [0.2, 0.25) is 0 Å². The van der Waals surface area contributed by atoms with Crippen LogP contribution in [0.1, 0.15) is 21.7 Å². The van der Waals surface area contributed by atoms with Crippen LogP contribution in [0.5, 0.6) is 0 Å². The van der Waals surface area contributed by atoms with Gasteiger partial charge in [-0.15, -0.1) is 0 Å². The quantitative estimate of drug-likeness (QED) is 0.888. The maximum atomic E-state index is 11.1. The Morgan fingerprint density at radius 2 is 2.11 bits per heavy atom.